The van der Waals surface area contributed by atoms with Gasteiger partial charge in [0.25, 0.3) is 5.85 Å². The number of alkyl halides is 8. The van der Waals surface area contributed by atoms with Crippen LogP contribution in [0.25, 0.3) is 11.1 Å². The zero-order chi connectivity index (χ0) is 26.9. The molecule has 0 aliphatic heterocycles. The van der Waals surface area contributed by atoms with Crippen LogP contribution in [-0.2, 0) is 19.0 Å². The molecule has 3 unspecified atom stereocenters. The molecule has 0 heterocycles. The molecule has 0 amide bonds. The Morgan fingerprint density at radius 3 is 2.14 bits per heavy atom. The first-order valence-electron chi connectivity index (χ1n) is 10.9. The lowest BCUT2D eigenvalue weighted by Crippen LogP contribution is -2.47. The SMILES string of the molecule is CCCC1CC=C(c2ccc(C3=CC=C(OC(F)(F)F)C(F)C3(F)OS(=O)(=O)C(F)(F)F)cc2)CC1. The molecule has 4 nitrogen and oxygen atoms in total. The van der Waals surface area contributed by atoms with E-state index in [0.29, 0.717) is 23.6 Å². The van der Waals surface area contributed by atoms with Gasteiger partial charge in [0.05, 0.1) is 0 Å². The molecule has 2 aliphatic rings. The van der Waals surface area contributed by atoms with Gasteiger partial charge >= 0.3 is 22.0 Å². The van der Waals surface area contributed by atoms with Gasteiger partial charge in [-0.25, -0.2) is 13.0 Å². The largest absolute Gasteiger partial charge is 0.572 e. The average molecular weight is 546 g/mol. The van der Waals surface area contributed by atoms with E-state index in [1.54, 1.807) is 0 Å². The number of hydrogen-bond donors (Lipinski definition) is 0. The molecule has 13 heteroatoms. The van der Waals surface area contributed by atoms with E-state index in [2.05, 4.69) is 15.8 Å². The van der Waals surface area contributed by atoms with Crippen LogP contribution in [0.1, 0.15) is 50.2 Å². The van der Waals surface area contributed by atoms with Crippen molar-refractivity contribution in [3.05, 3.63) is 59.4 Å². The predicted molar refractivity (Wildman–Crippen MR) is 115 cm³/mol. The van der Waals surface area contributed by atoms with E-state index in [0.717, 1.165) is 37.7 Å². The first-order valence-corrected chi connectivity index (χ1v) is 12.3. The number of halogens is 8. The van der Waals surface area contributed by atoms with Crippen LogP contribution >= 0.6 is 0 Å². The number of benzene rings is 1. The fourth-order valence-corrected chi connectivity index (χ4v) is 4.76. The summed E-state index contributed by atoms with van der Waals surface area (Å²) in [5, 5.41) is 0. The van der Waals surface area contributed by atoms with Crippen LogP contribution in [0.15, 0.2) is 48.3 Å². The molecule has 2 aliphatic carbocycles. The van der Waals surface area contributed by atoms with Crippen molar-refractivity contribution in [2.24, 2.45) is 5.92 Å². The Labute approximate surface area is 202 Å². The molecule has 3 atom stereocenters. The number of rotatable bonds is 7. The summed E-state index contributed by atoms with van der Waals surface area (Å²) in [6.45, 7) is 2.09. The van der Waals surface area contributed by atoms with Crippen molar-refractivity contribution in [3.63, 3.8) is 0 Å². The van der Waals surface area contributed by atoms with Gasteiger partial charge < -0.3 is 4.74 Å². The molecule has 200 valence electrons. The van der Waals surface area contributed by atoms with Crippen molar-refractivity contribution in [1.82, 2.24) is 0 Å². The molecular formula is C23H22F8O4S. The van der Waals surface area contributed by atoms with Gasteiger partial charge in [-0.1, -0.05) is 50.1 Å². The molecule has 1 aromatic carbocycles. The quantitative estimate of drug-likeness (QED) is 0.204. The molecule has 0 bridgehead atoms. The standard InChI is InChI=1S/C23H22F8O4S/c1-2-3-14-4-6-15(7-5-14)16-8-10-17(11-9-16)18-12-13-19(34-22(26,27)28)20(24)21(18,25)35-36(32,33)23(29,30)31/h6,8-14,20H,2-5,7H2,1H3. The number of allylic oxidation sites excluding steroid dienone is 4. The third-order valence-corrected chi connectivity index (χ3v) is 6.92. The molecular weight excluding hydrogens is 524 g/mol. The molecule has 0 radical (unpaired) electrons. The minimum absolute atomic E-state index is 0.302. The number of ether oxygens (including phenoxy) is 1. The van der Waals surface area contributed by atoms with Gasteiger partial charge in [0.15, 0.2) is 0 Å². The summed E-state index contributed by atoms with van der Waals surface area (Å²) in [6.07, 6.45) is -1.68. The maximum absolute atomic E-state index is 15.7. The molecule has 0 spiro atoms. The van der Waals surface area contributed by atoms with Gasteiger partial charge in [0, 0.05) is 5.57 Å². The van der Waals surface area contributed by atoms with Crippen LogP contribution < -0.4 is 0 Å². The maximum atomic E-state index is 15.7. The Morgan fingerprint density at radius 1 is 1.03 bits per heavy atom. The lowest BCUT2D eigenvalue weighted by Gasteiger charge is -2.34. The van der Waals surface area contributed by atoms with E-state index in [4.69, 9.17) is 0 Å². The van der Waals surface area contributed by atoms with Crippen LogP contribution in [0.3, 0.4) is 0 Å². The van der Waals surface area contributed by atoms with E-state index in [-0.39, 0.29) is 5.56 Å². The summed E-state index contributed by atoms with van der Waals surface area (Å²) < 4.78 is 137. The fraction of sp³-hybridized carbons (Fsp3) is 0.478. The van der Waals surface area contributed by atoms with Crippen molar-refractivity contribution >= 4 is 21.3 Å². The zero-order valence-electron chi connectivity index (χ0n) is 18.8. The molecule has 0 aromatic heterocycles. The minimum atomic E-state index is -6.76. The van der Waals surface area contributed by atoms with Crippen molar-refractivity contribution in [2.45, 2.75) is 62.9 Å². The van der Waals surface area contributed by atoms with Crippen molar-refractivity contribution in [2.75, 3.05) is 0 Å². The van der Waals surface area contributed by atoms with Gasteiger partial charge in [0.2, 0.25) is 6.17 Å². The monoisotopic (exact) mass is 546 g/mol. The zero-order valence-corrected chi connectivity index (χ0v) is 19.6. The summed E-state index contributed by atoms with van der Waals surface area (Å²) in [5.41, 5.74) is -5.87. The molecule has 0 N–H and O–H groups in total. The highest BCUT2D eigenvalue weighted by atomic mass is 32.2. The smallest absolute Gasteiger partial charge is 0.407 e. The third-order valence-electron chi connectivity index (χ3n) is 5.89. The van der Waals surface area contributed by atoms with E-state index in [1.165, 1.54) is 24.3 Å². The van der Waals surface area contributed by atoms with Gasteiger partial charge in [-0.3, -0.25) is 0 Å². The highest BCUT2D eigenvalue weighted by Gasteiger charge is 2.60. The van der Waals surface area contributed by atoms with Crippen LogP contribution in [0, 0.1) is 5.92 Å². The lowest BCUT2D eigenvalue weighted by molar-refractivity contribution is -0.312. The lowest BCUT2D eigenvalue weighted by atomic mass is 9.83. The van der Waals surface area contributed by atoms with Gasteiger partial charge in [-0.15, -0.1) is 13.2 Å². The Bertz CT molecular complexity index is 1150. The van der Waals surface area contributed by atoms with E-state index >= 15 is 4.39 Å². The van der Waals surface area contributed by atoms with Crippen molar-refractivity contribution < 1.29 is 52.5 Å². The Hall–Kier alpha value is -2.41. The highest BCUT2D eigenvalue weighted by molar-refractivity contribution is 7.87. The molecule has 36 heavy (non-hydrogen) atoms. The molecule has 0 saturated heterocycles. The minimum Gasteiger partial charge on any atom is -0.407 e. The Kier molecular flexibility index (Phi) is 7.95. The topological polar surface area (TPSA) is 52.6 Å². The van der Waals surface area contributed by atoms with Gasteiger partial charge in [-0.05, 0) is 54.0 Å². The van der Waals surface area contributed by atoms with Crippen molar-refractivity contribution in [3.8, 4) is 0 Å². The molecule has 1 aromatic rings. The first-order chi connectivity index (χ1) is 16.6. The van der Waals surface area contributed by atoms with Gasteiger partial charge in [-0.2, -0.15) is 21.6 Å². The Morgan fingerprint density at radius 2 is 1.64 bits per heavy atom. The number of hydrogen-bond acceptors (Lipinski definition) is 4. The van der Waals surface area contributed by atoms with Crippen LogP contribution in [0.5, 0.6) is 0 Å². The summed E-state index contributed by atoms with van der Waals surface area (Å²) in [7, 11) is -6.76. The second-order valence-electron chi connectivity index (χ2n) is 8.42. The molecule has 3 rings (SSSR count). The van der Waals surface area contributed by atoms with Gasteiger partial charge in [0.1, 0.15) is 5.76 Å². The van der Waals surface area contributed by atoms with Crippen molar-refractivity contribution in [1.29, 1.82) is 0 Å². The van der Waals surface area contributed by atoms with E-state index < -0.39 is 45.3 Å². The summed E-state index contributed by atoms with van der Waals surface area (Å²) in [6, 6.07) is 5.32. The molecule has 0 fully saturated rings. The van der Waals surface area contributed by atoms with Crippen LogP contribution in [0.2, 0.25) is 0 Å². The molecule has 0 saturated carbocycles. The summed E-state index contributed by atoms with van der Waals surface area (Å²) in [5.74, 6) is -5.76. The maximum Gasteiger partial charge on any atom is 0.572 e. The average Bonchev–Trinajstić information content (AvgIpc) is 2.76. The second-order valence-corrected chi connectivity index (χ2v) is 9.96. The Balaban J connectivity index is 1.98. The van der Waals surface area contributed by atoms with E-state index in [9.17, 15) is 39.2 Å². The predicted octanol–water partition coefficient (Wildman–Crippen LogP) is 7.36. The normalized spacial score (nSPS) is 25.6. The summed E-state index contributed by atoms with van der Waals surface area (Å²) >= 11 is 0. The second kappa shape index (κ2) is 10.2. The van der Waals surface area contributed by atoms with E-state index in [1.807, 2.05) is 6.08 Å². The first kappa shape index (κ1) is 28.2. The highest BCUT2D eigenvalue weighted by Crippen LogP contribution is 2.47. The fourth-order valence-electron chi connectivity index (χ4n) is 4.17. The van der Waals surface area contributed by atoms with Crippen LogP contribution in [0.4, 0.5) is 35.1 Å². The summed E-state index contributed by atoms with van der Waals surface area (Å²) in [4.78, 5) is 0. The van der Waals surface area contributed by atoms with Crippen LogP contribution in [-0.4, -0.2) is 32.3 Å². The third kappa shape index (κ3) is 6.10.